The van der Waals surface area contributed by atoms with Crippen molar-refractivity contribution in [3.05, 3.63) is 23.9 Å². The molecule has 3 rings (SSSR count). The summed E-state index contributed by atoms with van der Waals surface area (Å²) in [5.74, 6) is 0.0883. The smallest absolute Gasteiger partial charge is 0.329 e. The average Bonchev–Trinajstić information content (AvgIpc) is 3.15. The summed E-state index contributed by atoms with van der Waals surface area (Å²) < 4.78 is 25.6. The molecule has 1 N–H and O–H groups in total. The van der Waals surface area contributed by atoms with E-state index in [1.165, 1.54) is 0 Å². The van der Waals surface area contributed by atoms with E-state index in [1.54, 1.807) is 0 Å². The number of fused-ring (bicyclic) bond motifs is 3. The molecule has 1 aromatic carbocycles. The molecule has 0 spiro atoms. The number of carbonyl (C=O) groups is 1. The molecule has 0 radical (unpaired) electrons. The van der Waals surface area contributed by atoms with Crippen molar-refractivity contribution in [2.75, 3.05) is 13.2 Å². The molecule has 2 aromatic rings. The second kappa shape index (κ2) is 10.3. The van der Waals surface area contributed by atoms with Crippen LogP contribution < -0.4 is 4.74 Å². The van der Waals surface area contributed by atoms with Crippen LogP contribution in [0.3, 0.4) is 0 Å². The van der Waals surface area contributed by atoms with Gasteiger partial charge in [-0.3, -0.25) is 4.68 Å². The van der Waals surface area contributed by atoms with E-state index in [-0.39, 0.29) is 30.3 Å². The fourth-order valence-electron chi connectivity index (χ4n) is 3.98. The molecular formula is C21H34N2O6Si2. The Hall–Kier alpha value is -1.73. The minimum Gasteiger partial charge on any atom is -0.491 e. The SMILES string of the molecule is C[SiH2]OC(O[SiH2]C)C(C)(C)[C@@H](C)Cn1ncc2ccc3c(c21)C[C@@H](OCC(=O)O)CO3. The highest BCUT2D eigenvalue weighted by atomic mass is 28.2. The highest BCUT2D eigenvalue weighted by Crippen LogP contribution is 2.37. The Morgan fingerprint density at radius 1 is 1.35 bits per heavy atom. The quantitative estimate of drug-likeness (QED) is 0.398. The summed E-state index contributed by atoms with van der Waals surface area (Å²) in [4.78, 5) is 10.9. The van der Waals surface area contributed by atoms with E-state index in [4.69, 9.17) is 23.4 Å². The molecule has 10 heteroatoms. The molecule has 172 valence electrons. The number of hydrogen-bond donors (Lipinski definition) is 1. The molecule has 1 aromatic heterocycles. The number of ether oxygens (including phenoxy) is 2. The Labute approximate surface area is 188 Å². The zero-order valence-electron chi connectivity index (χ0n) is 19.1. The fraction of sp³-hybridized carbons (Fsp3) is 0.619. The Morgan fingerprint density at radius 3 is 2.71 bits per heavy atom. The molecule has 0 saturated heterocycles. The number of nitrogens with zero attached hydrogens (tertiary/aromatic N) is 2. The number of benzene rings is 1. The summed E-state index contributed by atoms with van der Waals surface area (Å²) in [5, 5.41) is 14.6. The average molecular weight is 467 g/mol. The van der Waals surface area contributed by atoms with Crippen molar-refractivity contribution in [3.8, 4) is 5.75 Å². The van der Waals surface area contributed by atoms with Crippen LogP contribution >= 0.6 is 0 Å². The van der Waals surface area contributed by atoms with Gasteiger partial charge in [-0.05, 0) is 18.1 Å². The van der Waals surface area contributed by atoms with Gasteiger partial charge in [-0.2, -0.15) is 5.10 Å². The molecular weight excluding hydrogens is 432 g/mol. The molecule has 0 bridgehead atoms. The highest BCUT2D eigenvalue weighted by molar-refractivity contribution is 6.26. The van der Waals surface area contributed by atoms with E-state index >= 15 is 0 Å². The lowest BCUT2D eigenvalue weighted by Crippen LogP contribution is -2.42. The Balaban J connectivity index is 1.86. The zero-order chi connectivity index (χ0) is 22.6. The molecule has 0 amide bonds. The van der Waals surface area contributed by atoms with Crippen LogP contribution in [-0.4, -0.2) is 66.0 Å². The summed E-state index contributed by atoms with van der Waals surface area (Å²) in [6.07, 6.45) is 2.01. The van der Waals surface area contributed by atoms with Crippen molar-refractivity contribution in [2.24, 2.45) is 11.3 Å². The van der Waals surface area contributed by atoms with Crippen LogP contribution in [0.2, 0.25) is 13.1 Å². The van der Waals surface area contributed by atoms with E-state index in [9.17, 15) is 4.79 Å². The number of aromatic nitrogens is 2. The molecule has 0 fully saturated rings. The van der Waals surface area contributed by atoms with Crippen LogP contribution in [0.5, 0.6) is 5.75 Å². The van der Waals surface area contributed by atoms with Crippen molar-refractivity contribution in [1.82, 2.24) is 9.78 Å². The number of rotatable bonds is 11. The van der Waals surface area contributed by atoms with Crippen molar-refractivity contribution < 1.29 is 28.2 Å². The molecule has 2 atom stereocenters. The monoisotopic (exact) mass is 466 g/mol. The van der Waals surface area contributed by atoms with E-state index in [0.717, 1.165) is 22.2 Å². The number of carboxylic acid groups (broad SMARTS) is 1. The standard InChI is InChI=1S/C21H34N2O6Si2/c1-13(21(2,3)20(28-30-4)29-31-5)10-23-19-14(9-22-23)6-7-17-16(19)8-15(11-27-17)26-12-18(24)25/h6-7,9,13,15,20H,8,10-12,30-31H2,1-5H3,(H,24,25)/t13-,15+/m0/s1. The van der Waals surface area contributed by atoms with Crippen LogP contribution in [-0.2, 0) is 31.3 Å². The lowest BCUT2D eigenvalue weighted by atomic mass is 9.79. The first-order chi connectivity index (χ1) is 14.8. The van der Waals surface area contributed by atoms with E-state index < -0.39 is 25.5 Å². The summed E-state index contributed by atoms with van der Waals surface area (Å²) in [7, 11) is -1.17. The van der Waals surface area contributed by atoms with Gasteiger partial charge in [0.05, 0.1) is 17.8 Å². The van der Waals surface area contributed by atoms with Gasteiger partial charge in [0.25, 0.3) is 0 Å². The summed E-state index contributed by atoms with van der Waals surface area (Å²) in [5.41, 5.74) is 1.88. The first-order valence-corrected chi connectivity index (χ1v) is 14.9. The zero-order valence-corrected chi connectivity index (χ0v) is 21.9. The summed E-state index contributed by atoms with van der Waals surface area (Å²) in [6, 6.07) is 3.98. The third-order valence-electron chi connectivity index (χ3n) is 6.12. The third kappa shape index (κ3) is 5.37. The number of carboxylic acids is 1. The second-order valence-corrected chi connectivity index (χ2v) is 10.4. The van der Waals surface area contributed by atoms with Crippen LogP contribution in [0.4, 0.5) is 0 Å². The highest BCUT2D eigenvalue weighted by Gasteiger charge is 2.36. The van der Waals surface area contributed by atoms with Gasteiger partial charge in [0, 0.05) is 29.3 Å². The summed E-state index contributed by atoms with van der Waals surface area (Å²) >= 11 is 0. The van der Waals surface area contributed by atoms with E-state index in [2.05, 4.69) is 39.0 Å². The van der Waals surface area contributed by atoms with Crippen LogP contribution in [0.25, 0.3) is 10.9 Å². The van der Waals surface area contributed by atoms with Crippen molar-refractivity contribution in [3.63, 3.8) is 0 Å². The molecule has 31 heavy (non-hydrogen) atoms. The van der Waals surface area contributed by atoms with Gasteiger partial charge in [0.2, 0.25) is 0 Å². The van der Waals surface area contributed by atoms with E-state index in [0.29, 0.717) is 19.6 Å². The maximum absolute atomic E-state index is 10.9. The van der Waals surface area contributed by atoms with Crippen LogP contribution in [0.1, 0.15) is 26.3 Å². The minimum absolute atomic E-state index is 0.164. The van der Waals surface area contributed by atoms with Crippen molar-refractivity contribution in [2.45, 2.75) is 59.2 Å². The maximum atomic E-state index is 10.9. The van der Waals surface area contributed by atoms with Gasteiger partial charge in [-0.15, -0.1) is 0 Å². The predicted molar refractivity (Wildman–Crippen MR) is 124 cm³/mol. The number of hydrogen-bond acceptors (Lipinski definition) is 6. The largest absolute Gasteiger partial charge is 0.491 e. The van der Waals surface area contributed by atoms with Gasteiger partial charge < -0.3 is 23.4 Å². The maximum Gasteiger partial charge on any atom is 0.329 e. The topological polar surface area (TPSA) is 92.0 Å². The molecule has 0 saturated carbocycles. The molecule has 1 aliphatic heterocycles. The van der Waals surface area contributed by atoms with Gasteiger partial charge in [-0.1, -0.05) is 33.9 Å². The third-order valence-corrected chi connectivity index (χ3v) is 7.40. The normalized spacial score (nSPS) is 19.2. The molecule has 1 aliphatic rings. The Kier molecular flexibility index (Phi) is 7.92. The number of aliphatic carboxylic acids is 1. The molecule has 2 heterocycles. The van der Waals surface area contributed by atoms with E-state index in [1.807, 2.05) is 23.0 Å². The Morgan fingerprint density at radius 2 is 2.06 bits per heavy atom. The minimum atomic E-state index is -0.977. The van der Waals surface area contributed by atoms with Gasteiger partial charge >= 0.3 is 5.97 Å². The first-order valence-electron chi connectivity index (χ1n) is 10.9. The van der Waals surface area contributed by atoms with Gasteiger partial charge in [0.1, 0.15) is 25.3 Å². The summed E-state index contributed by atoms with van der Waals surface area (Å²) in [6.45, 7) is 11.6. The lowest BCUT2D eigenvalue weighted by molar-refractivity contribution is -0.145. The van der Waals surface area contributed by atoms with Gasteiger partial charge in [-0.25, -0.2) is 4.79 Å². The lowest BCUT2D eigenvalue weighted by Gasteiger charge is -2.39. The Bertz CT molecular complexity index is 897. The van der Waals surface area contributed by atoms with Crippen LogP contribution in [0.15, 0.2) is 18.3 Å². The first kappa shape index (κ1) is 23.9. The van der Waals surface area contributed by atoms with Crippen LogP contribution in [0, 0.1) is 11.3 Å². The predicted octanol–water partition coefficient (Wildman–Crippen LogP) is 1.73. The molecule has 0 unspecified atom stereocenters. The van der Waals surface area contributed by atoms with Crippen molar-refractivity contribution in [1.29, 1.82) is 0 Å². The second-order valence-electron chi connectivity index (χ2n) is 8.61. The molecule has 0 aliphatic carbocycles. The van der Waals surface area contributed by atoms with Crippen molar-refractivity contribution >= 4 is 36.4 Å². The molecule has 8 nitrogen and oxygen atoms in total. The van der Waals surface area contributed by atoms with Gasteiger partial charge in [0.15, 0.2) is 19.5 Å². The fourth-order valence-corrected chi connectivity index (χ4v) is 5.83.